The van der Waals surface area contributed by atoms with Crippen LogP contribution in [0.2, 0.25) is 0 Å². The highest BCUT2D eigenvalue weighted by molar-refractivity contribution is 7.99. The van der Waals surface area contributed by atoms with Gasteiger partial charge in [0.1, 0.15) is 11.1 Å². The Kier molecular flexibility index (Phi) is 7.48. The lowest BCUT2D eigenvalue weighted by Crippen LogP contribution is -2.26. The number of amides is 1. The molecule has 1 aliphatic rings. The first kappa shape index (κ1) is 25.2. The number of rotatable bonds is 7. The van der Waals surface area contributed by atoms with Crippen molar-refractivity contribution in [3.63, 3.8) is 0 Å². The van der Waals surface area contributed by atoms with E-state index in [1.807, 2.05) is 35.8 Å². The number of thioether (sulfide) groups is 1. The van der Waals surface area contributed by atoms with Crippen LogP contribution >= 0.6 is 23.1 Å². The summed E-state index contributed by atoms with van der Waals surface area (Å²) in [4.78, 5) is 14.1. The van der Waals surface area contributed by atoms with Gasteiger partial charge in [-0.3, -0.25) is 9.36 Å². The minimum Gasteiger partial charge on any atom is -0.316 e. The van der Waals surface area contributed by atoms with Crippen LogP contribution in [-0.4, -0.2) is 26.4 Å². The van der Waals surface area contributed by atoms with Crippen LogP contribution in [0.5, 0.6) is 0 Å². The maximum absolute atomic E-state index is 12.9. The average Bonchev–Trinajstić information content (AvgIpc) is 3.37. The zero-order valence-corrected chi connectivity index (χ0v) is 22.4. The lowest BCUT2D eigenvalue weighted by molar-refractivity contribution is -0.113. The number of nitriles is 1. The Bertz CT molecular complexity index is 1270. The van der Waals surface area contributed by atoms with Crippen molar-refractivity contribution in [3.8, 4) is 17.5 Å². The van der Waals surface area contributed by atoms with Crippen molar-refractivity contribution in [1.29, 1.82) is 5.26 Å². The first-order valence-corrected chi connectivity index (χ1v) is 13.6. The third kappa shape index (κ3) is 5.52. The maximum atomic E-state index is 12.9. The molecule has 0 fully saturated rings. The first-order valence-electron chi connectivity index (χ1n) is 11.8. The van der Waals surface area contributed by atoms with Crippen LogP contribution in [0.4, 0.5) is 5.00 Å². The zero-order chi connectivity index (χ0) is 25.2. The Morgan fingerprint density at radius 3 is 2.74 bits per heavy atom. The summed E-state index contributed by atoms with van der Waals surface area (Å²) in [6.45, 7) is 13.3. The molecule has 1 N–H and O–H groups in total. The van der Waals surface area contributed by atoms with Gasteiger partial charge in [-0.1, -0.05) is 68.4 Å². The predicted molar refractivity (Wildman–Crippen MR) is 144 cm³/mol. The summed E-state index contributed by atoms with van der Waals surface area (Å²) >= 11 is 2.90. The number of nitrogens with zero attached hydrogens (tertiary/aromatic N) is 4. The Morgan fingerprint density at radius 1 is 1.34 bits per heavy atom. The Morgan fingerprint density at radius 2 is 2.09 bits per heavy atom. The molecule has 35 heavy (non-hydrogen) atoms. The monoisotopic (exact) mass is 505 g/mol. The summed E-state index contributed by atoms with van der Waals surface area (Å²) < 4.78 is 1.97. The highest BCUT2D eigenvalue weighted by atomic mass is 32.2. The van der Waals surface area contributed by atoms with Crippen molar-refractivity contribution in [2.75, 3.05) is 11.1 Å². The zero-order valence-electron chi connectivity index (χ0n) is 20.7. The fraction of sp³-hybridized carbons (Fsp3) is 0.407. The molecule has 0 bridgehead atoms. The number of hydrogen-bond acceptors (Lipinski definition) is 6. The minimum absolute atomic E-state index is 0.150. The second-order valence-electron chi connectivity index (χ2n) is 10.0. The van der Waals surface area contributed by atoms with E-state index in [0.717, 1.165) is 36.2 Å². The van der Waals surface area contributed by atoms with Crippen molar-refractivity contribution in [3.05, 3.63) is 58.5 Å². The number of thiophene rings is 1. The third-order valence-corrected chi connectivity index (χ3v) is 8.66. The van der Waals surface area contributed by atoms with E-state index in [9.17, 15) is 10.1 Å². The van der Waals surface area contributed by atoms with E-state index in [1.54, 1.807) is 17.4 Å². The molecule has 3 aromatic rings. The number of aryl methyl sites for hydroxylation is 1. The number of carbonyl (C=O) groups is 1. The van der Waals surface area contributed by atoms with Gasteiger partial charge in [0.05, 0.1) is 11.3 Å². The number of hydrogen-bond donors (Lipinski definition) is 1. The molecular formula is C27H31N5OS2. The fourth-order valence-corrected chi connectivity index (χ4v) is 6.47. The molecule has 6 nitrogen and oxygen atoms in total. The fourth-order valence-electron chi connectivity index (χ4n) is 4.43. The topological polar surface area (TPSA) is 83.6 Å². The minimum atomic E-state index is -0.150. The van der Waals surface area contributed by atoms with Crippen molar-refractivity contribution >= 4 is 34.0 Å². The van der Waals surface area contributed by atoms with Gasteiger partial charge in [-0.25, -0.2) is 0 Å². The maximum Gasteiger partial charge on any atom is 0.235 e. The SMILES string of the molecule is C=CCn1c(SCC(=O)Nc2sc3c(c2C#N)CCC(C(C)(C)C)C3)nnc1-c1ccc(C)cc1. The quantitative estimate of drug-likeness (QED) is 0.303. The molecule has 0 saturated carbocycles. The van der Waals surface area contributed by atoms with E-state index in [0.29, 0.717) is 28.2 Å². The van der Waals surface area contributed by atoms with Gasteiger partial charge in [0.25, 0.3) is 0 Å². The van der Waals surface area contributed by atoms with Gasteiger partial charge >= 0.3 is 0 Å². The third-order valence-electron chi connectivity index (χ3n) is 6.53. The van der Waals surface area contributed by atoms with E-state index in [1.165, 1.54) is 22.2 Å². The number of carbonyl (C=O) groups excluding carboxylic acids is 1. The molecule has 1 unspecified atom stereocenters. The molecule has 1 atom stereocenters. The van der Waals surface area contributed by atoms with Crippen LogP contribution in [0.3, 0.4) is 0 Å². The summed E-state index contributed by atoms with van der Waals surface area (Å²) in [7, 11) is 0. The average molecular weight is 506 g/mol. The summed E-state index contributed by atoms with van der Waals surface area (Å²) in [5.74, 6) is 1.36. The second-order valence-corrected chi connectivity index (χ2v) is 12.1. The van der Waals surface area contributed by atoms with Crippen molar-refractivity contribution < 1.29 is 4.79 Å². The molecule has 8 heteroatoms. The second kappa shape index (κ2) is 10.4. The standard InChI is InChI=1S/C27H31N5OS2/c1-6-13-32-24(18-9-7-17(2)8-10-18)30-31-26(32)34-16-23(33)29-25-21(15-28)20-12-11-19(27(3,4)5)14-22(20)35-25/h6-10,19H,1,11-14,16H2,2-5H3,(H,29,33). The smallest absolute Gasteiger partial charge is 0.235 e. The van der Waals surface area contributed by atoms with Crippen molar-refractivity contribution in [2.24, 2.45) is 11.3 Å². The largest absolute Gasteiger partial charge is 0.316 e. The molecule has 1 aliphatic carbocycles. The van der Waals surface area contributed by atoms with E-state index in [4.69, 9.17) is 0 Å². The highest BCUT2D eigenvalue weighted by Crippen LogP contribution is 2.44. The van der Waals surface area contributed by atoms with Crippen LogP contribution in [0.25, 0.3) is 11.4 Å². The highest BCUT2D eigenvalue weighted by Gasteiger charge is 2.32. The predicted octanol–water partition coefficient (Wildman–Crippen LogP) is 6.25. The Hall–Kier alpha value is -2.89. The molecule has 0 aliphatic heterocycles. The van der Waals surface area contributed by atoms with Crippen LogP contribution in [0, 0.1) is 29.6 Å². The molecule has 2 aromatic heterocycles. The van der Waals surface area contributed by atoms with E-state index in [-0.39, 0.29) is 17.1 Å². The molecule has 1 aromatic carbocycles. The number of aromatic nitrogens is 3. The molecule has 0 radical (unpaired) electrons. The number of fused-ring (bicyclic) bond motifs is 1. The summed E-state index contributed by atoms with van der Waals surface area (Å²) in [6.07, 6.45) is 4.74. The molecule has 182 valence electrons. The van der Waals surface area contributed by atoms with Crippen LogP contribution < -0.4 is 5.32 Å². The van der Waals surface area contributed by atoms with Gasteiger partial charge < -0.3 is 5.32 Å². The van der Waals surface area contributed by atoms with Gasteiger partial charge in [0.2, 0.25) is 5.91 Å². The molecule has 2 heterocycles. The number of anilines is 1. The number of benzene rings is 1. The van der Waals surface area contributed by atoms with E-state index >= 15 is 0 Å². The molecular weight excluding hydrogens is 474 g/mol. The summed E-state index contributed by atoms with van der Waals surface area (Å²) in [6, 6.07) is 10.5. The Labute approximate surface area is 215 Å². The van der Waals surface area contributed by atoms with Crippen molar-refractivity contribution in [1.82, 2.24) is 14.8 Å². The molecule has 4 rings (SSSR count). The first-order chi connectivity index (χ1) is 16.7. The normalized spacial score (nSPS) is 15.3. The Balaban J connectivity index is 1.47. The number of allylic oxidation sites excluding steroid dienone is 1. The molecule has 1 amide bonds. The molecule has 0 spiro atoms. The summed E-state index contributed by atoms with van der Waals surface area (Å²) in [5, 5.41) is 22.8. The van der Waals surface area contributed by atoms with Crippen LogP contribution in [0.1, 0.15) is 48.8 Å². The van der Waals surface area contributed by atoms with Crippen LogP contribution in [-0.2, 0) is 24.2 Å². The van der Waals surface area contributed by atoms with E-state index in [2.05, 4.69) is 48.9 Å². The van der Waals surface area contributed by atoms with Gasteiger partial charge in [-0.05, 0) is 43.1 Å². The van der Waals surface area contributed by atoms with Gasteiger partial charge in [-0.2, -0.15) is 5.26 Å². The van der Waals surface area contributed by atoms with E-state index < -0.39 is 0 Å². The van der Waals surface area contributed by atoms with Crippen molar-refractivity contribution in [2.45, 2.75) is 58.7 Å². The van der Waals surface area contributed by atoms with Gasteiger partial charge in [-0.15, -0.1) is 28.1 Å². The lowest BCUT2D eigenvalue weighted by Gasteiger charge is -2.33. The number of nitrogens with one attached hydrogen (secondary N) is 1. The summed E-state index contributed by atoms with van der Waals surface area (Å²) in [5.41, 5.74) is 4.13. The molecule has 0 saturated heterocycles. The lowest BCUT2D eigenvalue weighted by atomic mass is 9.72. The van der Waals surface area contributed by atoms with Crippen LogP contribution in [0.15, 0.2) is 42.1 Å². The van der Waals surface area contributed by atoms with Gasteiger partial charge in [0, 0.05) is 17.0 Å². The van der Waals surface area contributed by atoms with Gasteiger partial charge in [0.15, 0.2) is 11.0 Å².